The molecule has 8 heteroatoms. The summed E-state index contributed by atoms with van der Waals surface area (Å²) >= 11 is 1.69. The maximum Gasteiger partial charge on any atom is 0.407 e. The van der Waals surface area contributed by atoms with Crippen molar-refractivity contribution in [1.82, 2.24) is 10.2 Å². The van der Waals surface area contributed by atoms with Gasteiger partial charge in [-0.05, 0) is 34.6 Å². The number of carbonyl (C=O) groups excluding carboxylic acids is 2. The van der Waals surface area contributed by atoms with E-state index >= 15 is 0 Å². The van der Waals surface area contributed by atoms with Crippen LogP contribution in [0.25, 0.3) is 11.1 Å². The third-order valence-electron chi connectivity index (χ3n) is 7.01. The number of amides is 2. The van der Waals surface area contributed by atoms with Crippen molar-refractivity contribution >= 4 is 29.7 Å². The van der Waals surface area contributed by atoms with Crippen LogP contribution in [0.4, 0.5) is 4.79 Å². The van der Waals surface area contributed by atoms with E-state index in [-0.39, 0.29) is 42.7 Å². The molecule has 34 heavy (non-hydrogen) atoms. The number of aliphatic carboxylic acids is 1. The topological polar surface area (TPSA) is 95.9 Å². The highest BCUT2D eigenvalue weighted by Crippen LogP contribution is 2.44. The van der Waals surface area contributed by atoms with Crippen LogP contribution in [0.3, 0.4) is 0 Å². The van der Waals surface area contributed by atoms with Gasteiger partial charge in [-0.1, -0.05) is 48.5 Å². The fraction of sp³-hybridized carbons (Fsp3) is 0.423. The second-order valence-electron chi connectivity index (χ2n) is 9.17. The minimum atomic E-state index is -0.880. The predicted molar refractivity (Wildman–Crippen MR) is 130 cm³/mol. The lowest BCUT2D eigenvalue weighted by atomic mass is 9.98. The number of hydrogen-bond acceptors (Lipinski definition) is 5. The second-order valence-corrected chi connectivity index (χ2v) is 10.3. The molecule has 2 N–H and O–H groups in total. The van der Waals surface area contributed by atoms with Crippen molar-refractivity contribution < 1.29 is 24.2 Å². The zero-order valence-electron chi connectivity index (χ0n) is 18.8. The Hall–Kier alpha value is -3.00. The molecule has 3 atom stereocenters. The zero-order valence-corrected chi connectivity index (χ0v) is 19.6. The average molecular weight is 481 g/mol. The van der Waals surface area contributed by atoms with Crippen molar-refractivity contribution in [3.63, 3.8) is 0 Å². The summed E-state index contributed by atoms with van der Waals surface area (Å²) in [7, 11) is 0. The molecule has 1 heterocycles. The molecule has 0 bridgehead atoms. The Morgan fingerprint density at radius 3 is 2.41 bits per heavy atom. The highest BCUT2D eigenvalue weighted by Gasteiger charge is 2.46. The van der Waals surface area contributed by atoms with E-state index in [2.05, 4.69) is 29.6 Å². The van der Waals surface area contributed by atoms with E-state index in [0.717, 1.165) is 5.75 Å². The van der Waals surface area contributed by atoms with E-state index in [0.29, 0.717) is 25.3 Å². The van der Waals surface area contributed by atoms with Gasteiger partial charge in [0.05, 0.1) is 12.5 Å². The van der Waals surface area contributed by atoms with Crippen molar-refractivity contribution in [1.29, 1.82) is 0 Å². The molecule has 2 fully saturated rings. The van der Waals surface area contributed by atoms with E-state index < -0.39 is 12.1 Å². The first-order chi connectivity index (χ1) is 16.5. The highest BCUT2D eigenvalue weighted by molar-refractivity contribution is 7.99. The summed E-state index contributed by atoms with van der Waals surface area (Å²) < 4.78 is 5.58. The van der Waals surface area contributed by atoms with Gasteiger partial charge in [0.25, 0.3) is 0 Å². The van der Waals surface area contributed by atoms with E-state index in [1.165, 1.54) is 22.3 Å². The van der Waals surface area contributed by atoms with Gasteiger partial charge in [-0.25, -0.2) is 4.79 Å². The molecule has 7 nitrogen and oxygen atoms in total. The lowest BCUT2D eigenvalue weighted by molar-refractivity contribution is -0.141. The quantitative estimate of drug-likeness (QED) is 0.629. The summed E-state index contributed by atoms with van der Waals surface area (Å²) in [6.07, 6.45) is 0.221. The molecule has 3 aliphatic rings. The number of alkyl carbamates (subject to hydrolysis) is 1. The van der Waals surface area contributed by atoms with Crippen LogP contribution in [0, 0.1) is 11.8 Å². The molecule has 5 rings (SSSR count). The summed E-state index contributed by atoms with van der Waals surface area (Å²) in [4.78, 5) is 38.2. The number of fused-ring (bicyclic) bond motifs is 3. The van der Waals surface area contributed by atoms with Gasteiger partial charge in [0, 0.05) is 36.4 Å². The van der Waals surface area contributed by atoms with E-state index in [1.54, 1.807) is 16.7 Å². The van der Waals surface area contributed by atoms with Crippen molar-refractivity contribution in [2.24, 2.45) is 11.8 Å². The number of benzene rings is 2. The molecule has 2 aromatic carbocycles. The lowest BCUT2D eigenvalue weighted by Gasteiger charge is -2.35. The van der Waals surface area contributed by atoms with Crippen LogP contribution in [0.2, 0.25) is 0 Å². The molecule has 1 aliphatic heterocycles. The molecule has 0 aromatic heterocycles. The molecule has 1 saturated heterocycles. The van der Waals surface area contributed by atoms with Crippen LogP contribution in [0.1, 0.15) is 29.9 Å². The number of carboxylic acids is 1. The molecular weight excluding hydrogens is 452 g/mol. The maximum atomic E-state index is 12.9. The summed E-state index contributed by atoms with van der Waals surface area (Å²) in [5, 5.41) is 12.0. The van der Waals surface area contributed by atoms with Crippen molar-refractivity contribution in [3.05, 3.63) is 59.7 Å². The number of nitrogens with one attached hydrogen (secondary N) is 1. The standard InChI is InChI=1S/C26H28N2O5S/c29-24(30)12-17-15-34-10-9-28(17)25(31)22-11-16(22)13-27-26(32)33-14-23-20-7-3-1-5-18(20)19-6-2-4-8-21(19)23/h1-8,16-17,22-23H,9-15H2,(H,27,32)(H,29,30)/t16-,17?,22-/m1/s1. The molecule has 2 aliphatic carbocycles. The van der Waals surface area contributed by atoms with Crippen LogP contribution >= 0.6 is 11.8 Å². The van der Waals surface area contributed by atoms with Gasteiger partial charge in [0.2, 0.25) is 5.91 Å². The van der Waals surface area contributed by atoms with Crippen LogP contribution in [0.15, 0.2) is 48.5 Å². The highest BCUT2D eigenvalue weighted by atomic mass is 32.2. The van der Waals surface area contributed by atoms with Gasteiger partial charge < -0.3 is 20.1 Å². The SMILES string of the molecule is O=C(O)CC1CSCCN1C(=O)[C@@H]1C[C@@H]1CNC(=O)OCC1c2ccccc2-c2ccccc21. The number of carbonyl (C=O) groups is 3. The van der Waals surface area contributed by atoms with Crippen LogP contribution in [0.5, 0.6) is 0 Å². The largest absolute Gasteiger partial charge is 0.481 e. The molecule has 1 saturated carbocycles. The first-order valence-electron chi connectivity index (χ1n) is 11.7. The van der Waals surface area contributed by atoms with Gasteiger partial charge in [-0.3, -0.25) is 9.59 Å². The van der Waals surface area contributed by atoms with Gasteiger partial charge in [0.1, 0.15) is 6.61 Å². The molecule has 2 amide bonds. The molecule has 0 spiro atoms. The Kier molecular flexibility index (Phi) is 6.50. The van der Waals surface area contributed by atoms with Crippen LogP contribution in [-0.2, 0) is 14.3 Å². The van der Waals surface area contributed by atoms with Gasteiger partial charge in [0.15, 0.2) is 0 Å². The Morgan fingerprint density at radius 1 is 1.06 bits per heavy atom. The lowest BCUT2D eigenvalue weighted by Crippen LogP contribution is -2.48. The smallest absolute Gasteiger partial charge is 0.407 e. The van der Waals surface area contributed by atoms with E-state index in [4.69, 9.17) is 9.84 Å². The fourth-order valence-corrected chi connectivity index (χ4v) is 6.23. The third kappa shape index (κ3) is 4.64. The average Bonchev–Trinajstić information content (AvgIpc) is 3.56. The van der Waals surface area contributed by atoms with E-state index in [1.807, 2.05) is 24.3 Å². The summed E-state index contributed by atoms with van der Waals surface area (Å²) in [5.74, 6) is 0.573. The number of carboxylic acid groups (broad SMARTS) is 1. The first kappa shape index (κ1) is 22.8. The zero-order chi connectivity index (χ0) is 23.7. The molecule has 1 unspecified atom stereocenters. The van der Waals surface area contributed by atoms with Crippen LogP contribution < -0.4 is 5.32 Å². The maximum absolute atomic E-state index is 12.9. The normalized spacial score (nSPS) is 23.1. The third-order valence-corrected chi connectivity index (χ3v) is 8.10. The van der Waals surface area contributed by atoms with Gasteiger partial charge >= 0.3 is 12.1 Å². The number of thioether (sulfide) groups is 1. The van der Waals surface area contributed by atoms with Crippen molar-refractivity contribution in [2.45, 2.75) is 24.8 Å². The first-order valence-corrected chi connectivity index (χ1v) is 12.9. The predicted octanol–water partition coefficient (Wildman–Crippen LogP) is 3.58. The van der Waals surface area contributed by atoms with Crippen molar-refractivity contribution in [3.8, 4) is 11.1 Å². The Morgan fingerprint density at radius 2 is 1.74 bits per heavy atom. The number of ether oxygens (including phenoxy) is 1. The number of hydrogen-bond donors (Lipinski definition) is 2. The minimum absolute atomic E-state index is 0.0107. The van der Waals surface area contributed by atoms with Crippen LogP contribution in [-0.4, -0.2) is 65.2 Å². The monoisotopic (exact) mass is 480 g/mol. The summed E-state index contributed by atoms with van der Waals surface area (Å²) in [6, 6.07) is 16.2. The Balaban J connectivity index is 1.11. The molecule has 0 radical (unpaired) electrons. The summed E-state index contributed by atoms with van der Waals surface area (Å²) in [5.41, 5.74) is 4.70. The van der Waals surface area contributed by atoms with Crippen molar-refractivity contribution in [2.75, 3.05) is 31.2 Å². The fourth-order valence-electron chi connectivity index (χ4n) is 5.17. The van der Waals surface area contributed by atoms with Gasteiger partial charge in [-0.15, -0.1) is 0 Å². The minimum Gasteiger partial charge on any atom is -0.481 e. The number of rotatable bonds is 7. The summed E-state index contributed by atoms with van der Waals surface area (Å²) in [6.45, 7) is 1.24. The molecular formula is C26H28N2O5S. The molecule has 2 aromatic rings. The van der Waals surface area contributed by atoms with Gasteiger partial charge in [-0.2, -0.15) is 11.8 Å². The number of nitrogens with zero attached hydrogens (tertiary/aromatic N) is 1. The Bertz CT molecular complexity index is 1060. The molecule has 178 valence electrons. The Labute approximate surface area is 202 Å². The second kappa shape index (κ2) is 9.70. The van der Waals surface area contributed by atoms with E-state index in [9.17, 15) is 14.4 Å².